The van der Waals surface area contributed by atoms with E-state index in [4.69, 9.17) is 10.00 Å². The molecule has 6 nitrogen and oxygen atoms in total. The first kappa shape index (κ1) is 12.5. The van der Waals surface area contributed by atoms with Gasteiger partial charge in [0.05, 0.1) is 24.3 Å². The van der Waals surface area contributed by atoms with Crippen LogP contribution in [0.3, 0.4) is 0 Å². The molecular weight excluding hydrogens is 250 g/mol. The summed E-state index contributed by atoms with van der Waals surface area (Å²) in [7, 11) is 1.60. The van der Waals surface area contributed by atoms with Gasteiger partial charge in [0.1, 0.15) is 10.7 Å². The molecule has 0 saturated heterocycles. The van der Waals surface area contributed by atoms with E-state index in [0.717, 1.165) is 22.0 Å². The maximum atomic E-state index is 8.47. The van der Waals surface area contributed by atoms with Gasteiger partial charge in [0.25, 0.3) is 0 Å². The van der Waals surface area contributed by atoms with E-state index < -0.39 is 0 Å². The summed E-state index contributed by atoms with van der Waals surface area (Å²) >= 11 is 1.53. The Morgan fingerprint density at radius 3 is 3.06 bits per heavy atom. The smallest absolute Gasteiger partial charge is 0.227 e. The van der Waals surface area contributed by atoms with E-state index in [1.807, 2.05) is 13.1 Å². The molecular formula is C11H13N5OS. The van der Waals surface area contributed by atoms with Crippen LogP contribution in [0.25, 0.3) is 10.7 Å². The van der Waals surface area contributed by atoms with Gasteiger partial charge in [-0.25, -0.2) is 0 Å². The number of rotatable bonds is 5. The van der Waals surface area contributed by atoms with Crippen LogP contribution in [-0.4, -0.2) is 27.1 Å². The first-order valence-electron chi connectivity index (χ1n) is 5.53. The summed E-state index contributed by atoms with van der Waals surface area (Å²) in [6.07, 6.45) is 3.15. The number of aromatic nitrogens is 4. The summed E-state index contributed by atoms with van der Waals surface area (Å²) in [5.74, 6) is 0.633. The molecule has 0 aliphatic carbocycles. The molecule has 0 atom stereocenters. The van der Waals surface area contributed by atoms with Crippen molar-refractivity contribution in [3.05, 3.63) is 11.1 Å². The lowest BCUT2D eigenvalue weighted by Crippen LogP contribution is -1.97. The predicted octanol–water partition coefficient (Wildman–Crippen LogP) is 2.02. The van der Waals surface area contributed by atoms with Gasteiger partial charge >= 0.3 is 0 Å². The molecule has 94 valence electrons. The summed E-state index contributed by atoms with van der Waals surface area (Å²) in [6.45, 7) is 2.65. The third-order valence-electron chi connectivity index (χ3n) is 2.38. The molecule has 2 aromatic rings. The van der Waals surface area contributed by atoms with Crippen molar-refractivity contribution in [2.75, 3.05) is 7.11 Å². The molecule has 0 amide bonds. The van der Waals surface area contributed by atoms with Gasteiger partial charge in [0.15, 0.2) is 0 Å². The van der Waals surface area contributed by atoms with E-state index in [9.17, 15) is 0 Å². The number of hydrogen-bond donors (Lipinski definition) is 0. The number of aryl methyl sites for hydroxylation is 2. The van der Waals surface area contributed by atoms with Gasteiger partial charge < -0.3 is 4.74 Å². The lowest BCUT2D eigenvalue weighted by atomic mass is 10.3. The summed E-state index contributed by atoms with van der Waals surface area (Å²) in [6, 6.07) is 2.11. The quantitative estimate of drug-likeness (QED) is 0.771. The van der Waals surface area contributed by atoms with Gasteiger partial charge in [-0.05, 0) is 13.3 Å². The van der Waals surface area contributed by atoms with Gasteiger partial charge in [0, 0.05) is 13.0 Å². The van der Waals surface area contributed by atoms with Gasteiger partial charge in [-0.1, -0.05) is 5.21 Å². The van der Waals surface area contributed by atoms with Crippen LogP contribution < -0.4 is 4.74 Å². The van der Waals surface area contributed by atoms with Crippen LogP contribution in [0.4, 0.5) is 0 Å². The molecule has 2 rings (SSSR count). The Morgan fingerprint density at radius 1 is 1.56 bits per heavy atom. The van der Waals surface area contributed by atoms with Crippen molar-refractivity contribution in [1.82, 2.24) is 20.0 Å². The van der Waals surface area contributed by atoms with Gasteiger partial charge in [-0.2, -0.15) is 10.2 Å². The third-order valence-corrected chi connectivity index (χ3v) is 3.36. The highest BCUT2D eigenvalue weighted by molar-refractivity contribution is 7.15. The molecule has 7 heteroatoms. The molecule has 0 saturated carbocycles. The van der Waals surface area contributed by atoms with Crippen LogP contribution in [-0.2, 0) is 6.54 Å². The fraction of sp³-hybridized carbons (Fsp3) is 0.455. The topological polar surface area (TPSA) is 76.6 Å². The van der Waals surface area contributed by atoms with Crippen molar-refractivity contribution in [2.24, 2.45) is 0 Å². The number of methoxy groups -OCH3 is 1. The molecule has 0 aromatic carbocycles. The molecule has 18 heavy (non-hydrogen) atoms. The fourth-order valence-corrected chi connectivity index (χ4v) is 2.34. The van der Waals surface area contributed by atoms with Crippen molar-refractivity contribution in [1.29, 1.82) is 5.26 Å². The zero-order valence-corrected chi connectivity index (χ0v) is 11.1. The minimum Gasteiger partial charge on any atom is -0.480 e. The van der Waals surface area contributed by atoms with Gasteiger partial charge in [-0.15, -0.1) is 16.4 Å². The molecule has 0 unspecified atom stereocenters. The highest BCUT2D eigenvalue weighted by atomic mass is 32.1. The predicted molar refractivity (Wildman–Crippen MR) is 67.3 cm³/mol. The van der Waals surface area contributed by atoms with Gasteiger partial charge in [0.2, 0.25) is 5.88 Å². The first-order valence-corrected chi connectivity index (χ1v) is 6.35. The van der Waals surface area contributed by atoms with E-state index >= 15 is 0 Å². The summed E-state index contributed by atoms with van der Waals surface area (Å²) < 4.78 is 6.87. The van der Waals surface area contributed by atoms with E-state index in [-0.39, 0.29) is 0 Å². The lowest BCUT2D eigenvalue weighted by Gasteiger charge is -1.94. The first-order chi connectivity index (χ1) is 8.74. The Morgan fingerprint density at radius 2 is 2.39 bits per heavy atom. The van der Waals surface area contributed by atoms with E-state index in [1.54, 1.807) is 11.8 Å². The van der Waals surface area contributed by atoms with Crippen molar-refractivity contribution < 1.29 is 4.74 Å². The van der Waals surface area contributed by atoms with Crippen molar-refractivity contribution in [2.45, 2.75) is 26.3 Å². The van der Waals surface area contributed by atoms with Crippen LogP contribution in [0.15, 0.2) is 6.20 Å². The van der Waals surface area contributed by atoms with Crippen molar-refractivity contribution in [3.63, 3.8) is 0 Å². The highest BCUT2D eigenvalue weighted by Crippen LogP contribution is 2.30. The molecule has 0 spiro atoms. The Kier molecular flexibility index (Phi) is 3.89. The van der Waals surface area contributed by atoms with Crippen LogP contribution >= 0.6 is 11.3 Å². The summed E-state index contributed by atoms with van der Waals surface area (Å²) in [4.78, 5) is 5.36. The summed E-state index contributed by atoms with van der Waals surface area (Å²) in [5.41, 5.74) is 0.739. The van der Waals surface area contributed by atoms with Crippen LogP contribution in [0.2, 0.25) is 0 Å². The molecule has 0 aliphatic rings. The Balaban J connectivity index is 2.11. The number of thiazole rings is 1. The number of nitrogens with zero attached hydrogens (tertiary/aromatic N) is 5. The maximum absolute atomic E-state index is 8.47. The maximum Gasteiger partial charge on any atom is 0.227 e. The molecule has 0 N–H and O–H groups in total. The second kappa shape index (κ2) is 5.60. The number of nitriles is 1. The van der Waals surface area contributed by atoms with E-state index in [2.05, 4.69) is 21.4 Å². The molecule has 0 fully saturated rings. The third kappa shape index (κ3) is 2.65. The largest absolute Gasteiger partial charge is 0.480 e. The zero-order valence-electron chi connectivity index (χ0n) is 10.3. The Labute approximate surface area is 109 Å². The highest BCUT2D eigenvalue weighted by Gasteiger charge is 2.12. The lowest BCUT2D eigenvalue weighted by molar-refractivity contribution is 0.398. The SMILES string of the molecule is COc1nc(-c2cn(CCCC#N)nn2)sc1C. The van der Waals surface area contributed by atoms with Crippen LogP contribution in [0.1, 0.15) is 17.7 Å². The van der Waals surface area contributed by atoms with Crippen LogP contribution in [0, 0.1) is 18.3 Å². The van der Waals surface area contributed by atoms with Crippen molar-refractivity contribution in [3.8, 4) is 22.7 Å². The molecule has 2 aromatic heterocycles. The number of unbranched alkanes of at least 4 members (excludes halogenated alkanes) is 1. The Bertz CT molecular complexity index is 568. The van der Waals surface area contributed by atoms with Crippen LogP contribution in [0.5, 0.6) is 5.88 Å². The fourth-order valence-electron chi connectivity index (χ4n) is 1.51. The molecule has 0 radical (unpaired) electrons. The molecule has 0 aliphatic heterocycles. The molecule has 0 bridgehead atoms. The minimum absolute atomic E-state index is 0.527. The van der Waals surface area contributed by atoms with Crippen molar-refractivity contribution >= 4 is 11.3 Å². The minimum atomic E-state index is 0.527. The standard InChI is InChI=1S/C11H13N5OS/c1-8-10(17-2)13-11(18-8)9-7-16(15-14-9)6-4-3-5-12/h7H,3-4,6H2,1-2H3. The van der Waals surface area contributed by atoms with E-state index in [1.165, 1.54) is 11.3 Å². The Hall–Kier alpha value is -1.94. The zero-order chi connectivity index (χ0) is 13.0. The monoisotopic (exact) mass is 263 g/mol. The normalized spacial score (nSPS) is 10.3. The second-order valence-electron chi connectivity index (χ2n) is 3.71. The van der Waals surface area contributed by atoms with Gasteiger partial charge in [-0.3, -0.25) is 4.68 Å². The average Bonchev–Trinajstić information content (AvgIpc) is 2.96. The molecule has 2 heterocycles. The second-order valence-corrected chi connectivity index (χ2v) is 4.92. The van der Waals surface area contributed by atoms with E-state index in [0.29, 0.717) is 18.8 Å². The number of hydrogen-bond acceptors (Lipinski definition) is 6. The average molecular weight is 263 g/mol. The summed E-state index contributed by atoms with van der Waals surface area (Å²) in [5, 5.41) is 17.4. The number of ether oxygens (including phenoxy) is 1.